The molecule has 0 aliphatic heterocycles. The van der Waals surface area contributed by atoms with Crippen LogP contribution in [0.25, 0.3) is 10.9 Å². The van der Waals surface area contributed by atoms with Gasteiger partial charge in [-0.15, -0.1) is 0 Å². The van der Waals surface area contributed by atoms with Gasteiger partial charge in [-0.05, 0) is 42.0 Å². The molecule has 2 nitrogen and oxygen atoms in total. The maximum Gasteiger partial charge on any atom is 0.0948 e. The summed E-state index contributed by atoms with van der Waals surface area (Å²) in [5.74, 6) is 0. The second-order valence-corrected chi connectivity index (χ2v) is 5.82. The lowest BCUT2D eigenvalue weighted by molar-refractivity contribution is 1.15. The Hall–Kier alpha value is -1.48. The predicted molar refractivity (Wildman–Crippen MR) is 90.5 cm³/mol. The van der Waals surface area contributed by atoms with Gasteiger partial charge in [-0.1, -0.05) is 40.9 Å². The van der Waals surface area contributed by atoms with E-state index in [4.69, 9.17) is 34.8 Å². The van der Waals surface area contributed by atoms with E-state index >= 15 is 0 Å². The number of aromatic nitrogens is 1. The van der Waals surface area contributed by atoms with Crippen LogP contribution in [-0.4, -0.2) is 4.98 Å². The molecule has 106 valence electrons. The van der Waals surface area contributed by atoms with Gasteiger partial charge in [-0.25, -0.2) is 0 Å². The summed E-state index contributed by atoms with van der Waals surface area (Å²) < 4.78 is 0. The standard InChI is InChI=1S/C16H11Cl3N2/c17-12-5-6-15(16-11(12)2-1-7-20-16)21-9-10-3-4-13(18)14(19)8-10/h1-8,21H,9H2. The smallest absolute Gasteiger partial charge is 0.0948 e. The SMILES string of the molecule is Clc1ccc(CNc2ccc(Cl)c3cccnc23)cc1Cl. The molecule has 0 aliphatic rings. The summed E-state index contributed by atoms with van der Waals surface area (Å²) in [6, 6.07) is 13.2. The molecule has 0 aliphatic carbocycles. The molecule has 1 aromatic heterocycles. The zero-order chi connectivity index (χ0) is 14.8. The number of hydrogen-bond acceptors (Lipinski definition) is 2. The summed E-state index contributed by atoms with van der Waals surface area (Å²) in [4.78, 5) is 4.39. The highest BCUT2D eigenvalue weighted by Gasteiger charge is 2.06. The number of fused-ring (bicyclic) bond motifs is 1. The van der Waals surface area contributed by atoms with E-state index in [-0.39, 0.29) is 0 Å². The first-order chi connectivity index (χ1) is 10.1. The third-order valence-electron chi connectivity index (χ3n) is 3.18. The van der Waals surface area contributed by atoms with Gasteiger partial charge < -0.3 is 5.32 Å². The largest absolute Gasteiger partial charge is 0.379 e. The molecule has 0 amide bonds. The Balaban J connectivity index is 1.88. The number of pyridine rings is 1. The van der Waals surface area contributed by atoms with Crippen LogP contribution in [-0.2, 0) is 6.54 Å². The minimum absolute atomic E-state index is 0.551. The molecule has 3 rings (SSSR count). The quantitative estimate of drug-likeness (QED) is 0.652. The van der Waals surface area contributed by atoms with E-state index in [1.54, 1.807) is 12.3 Å². The van der Waals surface area contributed by atoms with Crippen molar-refractivity contribution in [2.24, 2.45) is 0 Å². The topological polar surface area (TPSA) is 24.9 Å². The van der Waals surface area contributed by atoms with Crippen LogP contribution in [0, 0.1) is 0 Å². The Morgan fingerprint density at radius 1 is 0.905 bits per heavy atom. The molecule has 2 aromatic carbocycles. The molecule has 0 bridgehead atoms. The third-order valence-corrected chi connectivity index (χ3v) is 4.25. The molecule has 1 heterocycles. The van der Waals surface area contributed by atoms with Gasteiger partial charge in [0.15, 0.2) is 0 Å². The van der Waals surface area contributed by atoms with E-state index in [9.17, 15) is 0 Å². The molecule has 0 saturated carbocycles. The number of halogens is 3. The molecule has 0 saturated heterocycles. The zero-order valence-corrected chi connectivity index (χ0v) is 13.2. The molecular formula is C16H11Cl3N2. The van der Waals surface area contributed by atoms with E-state index in [0.29, 0.717) is 21.6 Å². The summed E-state index contributed by atoms with van der Waals surface area (Å²) in [5.41, 5.74) is 2.83. The lowest BCUT2D eigenvalue weighted by Gasteiger charge is -2.10. The van der Waals surface area contributed by atoms with Gasteiger partial charge >= 0.3 is 0 Å². The number of benzene rings is 2. The van der Waals surface area contributed by atoms with Crippen molar-refractivity contribution in [2.75, 3.05) is 5.32 Å². The van der Waals surface area contributed by atoms with E-state index < -0.39 is 0 Å². The molecule has 1 N–H and O–H groups in total. The lowest BCUT2D eigenvalue weighted by atomic mass is 10.1. The highest BCUT2D eigenvalue weighted by atomic mass is 35.5. The maximum atomic E-state index is 6.18. The highest BCUT2D eigenvalue weighted by Crippen LogP contribution is 2.29. The first kappa shape index (κ1) is 14.5. The minimum atomic E-state index is 0.551. The number of anilines is 1. The van der Waals surface area contributed by atoms with Crippen molar-refractivity contribution >= 4 is 51.4 Å². The van der Waals surface area contributed by atoms with Crippen LogP contribution >= 0.6 is 34.8 Å². The molecule has 0 spiro atoms. The van der Waals surface area contributed by atoms with Gasteiger partial charge in [-0.2, -0.15) is 0 Å². The number of nitrogens with zero attached hydrogens (tertiary/aromatic N) is 1. The lowest BCUT2D eigenvalue weighted by Crippen LogP contribution is -2.00. The first-order valence-electron chi connectivity index (χ1n) is 6.36. The Kier molecular flexibility index (Phi) is 4.20. The number of rotatable bonds is 3. The average Bonchev–Trinajstić information content (AvgIpc) is 2.50. The normalized spacial score (nSPS) is 10.8. The van der Waals surface area contributed by atoms with Crippen molar-refractivity contribution in [1.82, 2.24) is 4.98 Å². The monoisotopic (exact) mass is 336 g/mol. The summed E-state index contributed by atoms with van der Waals surface area (Å²) in [7, 11) is 0. The third kappa shape index (κ3) is 3.08. The van der Waals surface area contributed by atoms with Gasteiger partial charge in [0, 0.05) is 18.1 Å². The van der Waals surface area contributed by atoms with Gasteiger partial charge in [0.1, 0.15) is 0 Å². The van der Waals surface area contributed by atoms with Crippen molar-refractivity contribution in [3.05, 3.63) is 69.3 Å². The van der Waals surface area contributed by atoms with Crippen LogP contribution in [0.1, 0.15) is 5.56 Å². The van der Waals surface area contributed by atoms with Crippen LogP contribution in [0.3, 0.4) is 0 Å². The zero-order valence-electron chi connectivity index (χ0n) is 10.9. The Morgan fingerprint density at radius 3 is 2.52 bits per heavy atom. The second kappa shape index (κ2) is 6.10. The van der Waals surface area contributed by atoms with Crippen molar-refractivity contribution in [3.63, 3.8) is 0 Å². The summed E-state index contributed by atoms with van der Waals surface area (Å²) in [6.45, 7) is 0.629. The minimum Gasteiger partial charge on any atom is -0.379 e. The summed E-state index contributed by atoms with van der Waals surface area (Å²) >= 11 is 18.1. The van der Waals surface area contributed by atoms with Crippen LogP contribution in [0.15, 0.2) is 48.7 Å². The van der Waals surface area contributed by atoms with Crippen molar-refractivity contribution in [2.45, 2.75) is 6.54 Å². The molecule has 0 radical (unpaired) electrons. The molecule has 3 aromatic rings. The van der Waals surface area contributed by atoms with Crippen molar-refractivity contribution < 1.29 is 0 Å². The molecule has 0 fully saturated rings. The van der Waals surface area contributed by atoms with Crippen molar-refractivity contribution in [1.29, 1.82) is 0 Å². The van der Waals surface area contributed by atoms with Crippen LogP contribution in [0.4, 0.5) is 5.69 Å². The van der Waals surface area contributed by atoms with Crippen LogP contribution in [0.5, 0.6) is 0 Å². The second-order valence-electron chi connectivity index (χ2n) is 4.60. The average molecular weight is 338 g/mol. The van der Waals surface area contributed by atoms with Crippen LogP contribution < -0.4 is 5.32 Å². The number of hydrogen-bond donors (Lipinski definition) is 1. The van der Waals surface area contributed by atoms with Gasteiger partial charge in [-0.3, -0.25) is 4.98 Å². The Bertz CT molecular complexity index is 803. The van der Waals surface area contributed by atoms with Crippen LogP contribution in [0.2, 0.25) is 15.1 Å². The molecule has 21 heavy (non-hydrogen) atoms. The number of nitrogens with one attached hydrogen (secondary N) is 1. The van der Waals surface area contributed by atoms with E-state index in [1.807, 2.05) is 36.4 Å². The fourth-order valence-electron chi connectivity index (χ4n) is 2.13. The fraction of sp³-hybridized carbons (Fsp3) is 0.0625. The van der Waals surface area contributed by atoms with E-state index in [2.05, 4.69) is 10.3 Å². The van der Waals surface area contributed by atoms with E-state index in [0.717, 1.165) is 22.2 Å². The predicted octanol–water partition coefficient (Wildman–Crippen LogP) is 5.81. The van der Waals surface area contributed by atoms with Gasteiger partial charge in [0.25, 0.3) is 0 Å². The molecule has 0 atom stereocenters. The Morgan fingerprint density at radius 2 is 1.71 bits per heavy atom. The van der Waals surface area contributed by atoms with Gasteiger partial charge in [0.2, 0.25) is 0 Å². The Labute approximate surface area is 137 Å². The summed E-state index contributed by atoms with van der Waals surface area (Å²) in [6.07, 6.45) is 1.75. The molecule has 5 heteroatoms. The maximum absolute atomic E-state index is 6.18. The fourth-order valence-corrected chi connectivity index (χ4v) is 2.66. The van der Waals surface area contributed by atoms with Crippen molar-refractivity contribution in [3.8, 4) is 0 Å². The highest BCUT2D eigenvalue weighted by molar-refractivity contribution is 6.42. The molecular weight excluding hydrogens is 327 g/mol. The van der Waals surface area contributed by atoms with Gasteiger partial charge in [0.05, 0.1) is 26.3 Å². The summed E-state index contributed by atoms with van der Waals surface area (Å²) in [5, 5.41) is 6.08. The van der Waals surface area contributed by atoms with E-state index in [1.165, 1.54) is 0 Å². The first-order valence-corrected chi connectivity index (χ1v) is 7.49. The molecule has 0 unspecified atom stereocenters.